The number of hydrogen-bond acceptors (Lipinski definition) is 5. The molecule has 7 nitrogen and oxygen atoms in total. The summed E-state index contributed by atoms with van der Waals surface area (Å²) in [7, 11) is 0. The van der Waals surface area contributed by atoms with Gasteiger partial charge in [-0.2, -0.15) is 0 Å². The fourth-order valence-electron chi connectivity index (χ4n) is 4.29. The van der Waals surface area contributed by atoms with Gasteiger partial charge < -0.3 is 10.3 Å². The van der Waals surface area contributed by atoms with Crippen molar-refractivity contribution in [3.05, 3.63) is 30.1 Å². The van der Waals surface area contributed by atoms with Crippen LogP contribution in [0.15, 0.2) is 24.3 Å². The summed E-state index contributed by atoms with van der Waals surface area (Å²) in [4.78, 5) is 35.0. The van der Waals surface area contributed by atoms with Crippen LogP contribution in [0.3, 0.4) is 0 Å². The third kappa shape index (κ3) is 5.75. The van der Waals surface area contributed by atoms with Crippen molar-refractivity contribution < 1.29 is 9.59 Å². The van der Waals surface area contributed by atoms with Crippen LogP contribution < -0.4 is 5.73 Å². The highest BCUT2D eigenvalue weighted by Crippen LogP contribution is 2.29. The minimum atomic E-state index is -0.183. The molecule has 1 aliphatic rings. The Bertz CT molecular complexity index is 1110. The van der Waals surface area contributed by atoms with E-state index in [9.17, 15) is 9.59 Å². The van der Waals surface area contributed by atoms with Gasteiger partial charge >= 0.3 is 0 Å². The van der Waals surface area contributed by atoms with Crippen LogP contribution in [0, 0.1) is 5.92 Å². The van der Waals surface area contributed by atoms with Gasteiger partial charge in [0.1, 0.15) is 11.3 Å². The Hall–Kier alpha value is -2.96. The number of fused-ring (bicyclic) bond motifs is 3. The molecule has 1 fully saturated rings. The van der Waals surface area contributed by atoms with Crippen molar-refractivity contribution in [1.29, 1.82) is 0 Å². The molecule has 2 aromatic heterocycles. The molecule has 0 radical (unpaired) electrons. The topological polar surface area (TPSA) is 94.1 Å². The van der Waals surface area contributed by atoms with E-state index in [1.165, 1.54) is 4.90 Å². The molecule has 34 heavy (non-hydrogen) atoms. The number of nitrogen functional groups attached to an aromatic ring is 1. The summed E-state index contributed by atoms with van der Waals surface area (Å²) in [5, 5.41) is 1.05. The van der Waals surface area contributed by atoms with Gasteiger partial charge in [-0.1, -0.05) is 66.2 Å². The largest absolute Gasteiger partial charge is 0.382 e. The van der Waals surface area contributed by atoms with Crippen molar-refractivity contribution in [1.82, 2.24) is 19.4 Å². The number of nitrogens with two attached hydrogens (primary N) is 1. The molecule has 3 aromatic rings. The van der Waals surface area contributed by atoms with E-state index in [1.807, 2.05) is 52.8 Å². The van der Waals surface area contributed by atoms with E-state index in [2.05, 4.69) is 22.5 Å². The van der Waals surface area contributed by atoms with Gasteiger partial charge in [-0.3, -0.25) is 14.5 Å². The first-order chi connectivity index (χ1) is 16.5. The van der Waals surface area contributed by atoms with E-state index in [4.69, 9.17) is 10.7 Å². The summed E-state index contributed by atoms with van der Waals surface area (Å²) >= 11 is 0. The Morgan fingerprint density at radius 2 is 1.68 bits per heavy atom. The van der Waals surface area contributed by atoms with E-state index in [1.54, 1.807) is 0 Å². The monoisotopic (exact) mass is 467 g/mol. The molecule has 2 N–H and O–H groups in total. The van der Waals surface area contributed by atoms with Crippen LogP contribution in [0.1, 0.15) is 79.5 Å². The molecule has 1 aromatic carbocycles. The van der Waals surface area contributed by atoms with Crippen LogP contribution in [0.2, 0.25) is 0 Å². The Morgan fingerprint density at radius 3 is 2.32 bits per heavy atom. The van der Waals surface area contributed by atoms with Crippen molar-refractivity contribution in [2.24, 2.45) is 5.92 Å². The highest BCUT2D eigenvalue weighted by molar-refractivity contribution is 6.06. The van der Waals surface area contributed by atoms with Crippen molar-refractivity contribution >= 4 is 39.6 Å². The second-order valence-electron chi connectivity index (χ2n) is 8.19. The summed E-state index contributed by atoms with van der Waals surface area (Å²) in [6.07, 6.45) is 5.00. The standard InChI is InChI=1S/C23H29N5O2.2C2H6/c1-3-4-11-18-26-20-21(16-9-5-6-10-17(16)25-22(20)24)27(18)12-7-8-13-28-19(29)14-15(2)23(28)30;2*1-2/h5-6,9-10,15H,3-4,7-8,11-14H2,1-2H3,(H2,24,25);2*1-2H3. The number of rotatable bonds is 8. The number of imidazole rings is 1. The van der Waals surface area contributed by atoms with Crippen molar-refractivity contribution in [2.45, 2.75) is 86.6 Å². The van der Waals surface area contributed by atoms with Gasteiger partial charge in [0.15, 0.2) is 5.82 Å². The summed E-state index contributed by atoms with van der Waals surface area (Å²) < 4.78 is 2.27. The number of para-hydroxylation sites is 1. The minimum absolute atomic E-state index is 0.0402. The second-order valence-corrected chi connectivity index (χ2v) is 8.19. The Kier molecular flexibility index (Phi) is 10.5. The molecule has 1 unspecified atom stereocenters. The highest BCUT2D eigenvalue weighted by Gasteiger charge is 2.34. The smallest absolute Gasteiger partial charge is 0.232 e. The molecule has 186 valence electrons. The lowest BCUT2D eigenvalue weighted by Gasteiger charge is -2.15. The second kappa shape index (κ2) is 13.1. The van der Waals surface area contributed by atoms with E-state index < -0.39 is 0 Å². The molecule has 4 rings (SSSR count). The van der Waals surface area contributed by atoms with Gasteiger partial charge in [-0.15, -0.1) is 0 Å². The van der Waals surface area contributed by atoms with Gasteiger partial charge in [0, 0.05) is 37.2 Å². The molecule has 0 saturated carbocycles. The van der Waals surface area contributed by atoms with Crippen LogP contribution in [0.25, 0.3) is 21.9 Å². The van der Waals surface area contributed by atoms with E-state index >= 15 is 0 Å². The zero-order valence-electron chi connectivity index (χ0n) is 21.7. The zero-order valence-corrected chi connectivity index (χ0v) is 21.7. The van der Waals surface area contributed by atoms with E-state index in [-0.39, 0.29) is 17.7 Å². The number of aromatic nitrogens is 3. The number of anilines is 1. The summed E-state index contributed by atoms with van der Waals surface area (Å²) in [5.74, 6) is 1.22. The van der Waals surface area contributed by atoms with Crippen LogP contribution in [0.5, 0.6) is 0 Å². The summed E-state index contributed by atoms with van der Waals surface area (Å²) in [6.45, 7) is 13.3. The number of aryl methyl sites for hydroxylation is 2. The van der Waals surface area contributed by atoms with Gasteiger partial charge in [-0.05, 0) is 25.3 Å². The Balaban J connectivity index is 0.000000970. The molecule has 1 atom stereocenters. The third-order valence-electron chi connectivity index (χ3n) is 5.93. The minimum Gasteiger partial charge on any atom is -0.382 e. The molecule has 3 heterocycles. The number of likely N-dealkylation sites (tertiary alicyclic amines) is 1. The fraction of sp³-hybridized carbons (Fsp3) is 0.556. The maximum absolute atomic E-state index is 12.1. The van der Waals surface area contributed by atoms with Crippen molar-refractivity contribution in [3.8, 4) is 0 Å². The Labute approximate surface area is 203 Å². The molecule has 0 spiro atoms. The fourth-order valence-corrected chi connectivity index (χ4v) is 4.29. The van der Waals surface area contributed by atoms with Gasteiger partial charge in [-0.25, -0.2) is 9.97 Å². The van der Waals surface area contributed by atoms with E-state index in [0.29, 0.717) is 18.8 Å². The van der Waals surface area contributed by atoms with Gasteiger partial charge in [0.25, 0.3) is 0 Å². The molecule has 0 aliphatic carbocycles. The van der Waals surface area contributed by atoms with Gasteiger partial charge in [0.05, 0.1) is 11.0 Å². The number of imide groups is 1. The number of unbranched alkanes of at least 4 members (excludes halogenated alkanes) is 2. The number of amides is 2. The van der Waals surface area contributed by atoms with Crippen molar-refractivity contribution in [2.75, 3.05) is 12.3 Å². The molecular formula is C27H41N5O2. The maximum atomic E-state index is 12.1. The first kappa shape index (κ1) is 27.3. The predicted octanol–water partition coefficient (Wildman–Crippen LogP) is 5.74. The highest BCUT2D eigenvalue weighted by atomic mass is 16.2. The van der Waals surface area contributed by atoms with Crippen LogP contribution >= 0.6 is 0 Å². The molecule has 1 saturated heterocycles. The first-order valence-corrected chi connectivity index (χ1v) is 12.9. The lowest BCUT2D eigenvalue weighted by atomic mass is 10.1. The van der Waals surface area contributed by atoms with E-state index in [0.717, 1.165) is 66.4 Å². The molecular weight excluding hydrogens is 426 g/mol. The first-order valence-electron chi connectivity index (χ1n) is 12.9. The van der Waals surface area contributed by atoms with Crippen LogP contribution in [-0.2, 0) is 22.6 Å². The predicted molar refractivity (Wildman–Crippen MR) is 140 cm³/mol. The maximum Gasteiger partial charge on any atom is 0.232 e. The summed E-state index contributed by atoms with van der Waals surface area (Å²) in [6, 6.07) is 8.01. The van der Waals surface area contributed by atoms with Crippen LogP contribution in [0.4, 0.5) is 5.82 Å². The number of carbonyl (C=O) groups is 2. The van der Waals surface area contributed by atoms with Crippen molar-refractivity contribution in [3.63, 3.8) is 0 Å². The average molecular weight is 468 g/mol. The number of carbonyl (C=O) groups excluding carboxylic acids is 2. The number of benzene rings is 1. The number of hydrogen-bond donors (Lipinski definition) is 1. The number of nitrogens with zero attached hydrogens (tertiary/aromatic N) is 4. The molecule has 7 heteroatoms. The lowest BCUT2D eigenvalue weighted by molar-refractivity contribution is -0.139. The van der Waals surface area contributed by atoms with Gasteiger partial charge in [0.2, 0.25) is 11.8 Å². The average Bonchev–Trinajstić information content (AvgIpc) is 3.35. The molecule has 2 amide bonds. The lowest BCUT2D eigenvalue weighted by Crippen LogP contribution is -2.31. The zero-order chi connectivity index (χ0) is 25.3. The summed E-state index contributed by atoms with van der Waals surface area (Å²) in [5.41, 5.74) is 8.91. The molecule has 0 bridgehead atoms. The molecule has 1 aliphatic heterocycles. The Morgan fingerprint density at radius 1 is 1.00 bits per heavy atom. The normalized spacial score (nSPS) is 15.4. The SMILES string of the molecule is CC.CC.CCCCc1nc2c(N)nc3ccccc3c2n1CCCCN1C(=O)CC(C)C1=O. The number of pyridine rings is 1. The third-order valence-corrected chi connectivity index (χ3v) is 5.93. The quantitative estimate of drug-likeness (QED) is 0.337. The van der Waals surface area contributed by atoms with Crippen LogP contribution in [-0.4, -0.2) is 37.8 Å².